The summed E-state index contributed by atoms with van der Waals surface area (Å²) in [5.74, 6) is 0.199. The number of imidazole rings is 1. The molecule has 2 N–H and O–H groups in total. The first-order valence-electron chi connectivity index (χ1n) is 12.3. The van der Waals surface area contributed by atoms with Crippen LogP contribution >= 0.6 is 0 Å². The molecule has 0 radical (unpaired) electrons. The van der Waals surface area contributed by atoms with E-state index in [0.717, 1.165) is 10.8 Å². The summed E-state index contributed by atoms with van der Waals surface area (Å²) in [7, 11) is 1.46. The molecule has 13 nitrogen and oxygen atoms in total. The monoisotopic (exact) mass is 571 g/mol. The van der Waals surface area contributed by atoms with Crippen molar-refractivity contribution in [3.8, 4) is 0 Å². The number of nitrogens with zero attached hydrogens (tertiary/aromatic N) is 7. The minimum atomic E-state index is -4.58. The molecule has 16 heteroatoms. The van der Waals surface area contributed by atoms with Gasteiger partial charge in [-0.1, -0.05) is 5.16 Å². The average Bonchev–Trinajstić information content (AvgIpc) is 3.55. The van der Waals surface area contributed by atoms with E-state index >= 15 is 0 Å². The topological polar surface area (TPSA) is 154 Å². The van der Waals surface area contributed by atoms with Crippen LogP contribution in [0.15, 0.2) is 56.0 Å². The number of nitrogens with one attached hydrogen (secondary N) is 2. The minimum Gasteiger partial charge on any atom is -0.361 e. The normalized spacial score (nSPS) is 16.0. The lowest BCUT2D eigenvalue weighted by Gasteiger charge is -2.21. The molecule has 1 aliphatic heterocycles. The highest BCUT2D eigenvalue weighted by atomic mass is 19.4. The number of alkyl halides is 3. The largest absolute Gasteiger partial charge is 0.433 e. The van der Waals surface area contributed by atoms with Gasteiger partial charge in [-0.15, -0.1) is 0 Å². The predicted molar refractivity (Wildman–Crippen MR) is 139 cm³/mol. The van der Waals surface area contributed by atoms with Crippen LogP contribution in [0.2, 0.25) is 0 Å². The fraction of sp³-hybridized carbons (Fsp3) is 0.320. The molecular weight excluding hydrogens is 547 g/mol. The summed E-state index contributed by atoms with van der Waals surface area (Å²) >= 11 is 0. The Morgan fingerprint density at radius 1 is 1.22 bits per heavy atom. The van der Waals surface area contributed by atoms with Crippen molar-refractivity contribution in [3.63, 3.8) is 0 Å². The van der Waals surface area contributed by atoms with Crippen LogP contribution in [0.3, 0.4) is 0 Å². The van der Waals surface area contributed by atoms with Gasteiger partial charge in [0.15, 0.2) is 11.2 Å². The summed E-state index contributed by atoms with van der Waals surface area (Å²) in [6.07, 6.45) is -0.0627. The van der Waals surface area contributed by atoms with Crippen molar-refractivity contribution in [3.05, 3.63) is 86.0 Å². The van der Waals surface area contributed by atoms with Gasteiger partial charge in [0.2, 0.25) is 5.91 Å². The van der Waals surface area contributed by atoms with E-state index in [2.05, 4.69) is 30.8 Å². The molecule has 5 rings (SSSR count). The zero-order chi connectivity index (χ0) is 29.6. The van der Waals surface area contributed by atoms with Crippen molar-refractivity contribution in [2.45, 2.75) is 45.7 Å². The molecule has 1 amide bonds. The van der Waals surface area contributed by atoms with Gasteiger partial charge in [-0.2, -0.15) is 13.2 Å². The van der Waals surface area contributed by atoms with Gasteiger partial charge in [0.05, 0.1) is 12.9 Å². The van der Waals surface area contributed by atoms with E-state index in [-0.39, 0.29) is 29.1 Å². The molecule has 0 saturated carbocycles. The number of aromatic nitrogens is 6. The number of fused-ring (bicyclic) bond motifs is 1. The second-order valence-electron chi connectivity index (χ2n) is 9.48. The maximum absolute atomic E-state index is 13.4. The first-order chi connectivity index (χ1) is 19.3. The van der Waals surface area contributed by atoms with Gasteiger partial charge in [-0.05, 0) is 38.5 Å². The molecule has 5 heterocycles. The summed E-state index contributed by atoms with van der Waals surface area (Å²) in [5.41, 5.74) is -1.53. The Balaban J connectivity index is 1.41. The molecular formula is C25H24F3N9O4. The van der Waals surface area contributed by atoms with Crippen molar-refractivity contribution in [1.82, 2.24) is 39.5 Å². The highest BCUT2D eigenvalue weighted by Crippen LogP contribution is 2.30. The third-order valence-corrected chi connectivity index (χ3v) is 6.53. The molecule has 0 aliphatic carbocycles. The number of hydrogen-bond acceptors (Lipinski definition) is 9. The van der Waals surface area contributed by atoms with Crippen LogP contribution in [0.5, 0.6) is 0 Å². The van der Waals surface area contributed by atoms with Gasteiger partial charge in [0.1, 0.15) is 35.2 Å². The summed E-state index contributed by atoms with van der Waals surface area (Å²) in [5, 5.41) is 9.41. The molecule has 0 fully saturated rings. The van der Waals surface area contributed by atoms with Crippen molar-refractivity contribution in [2.24, 2.45) is 12.0 Å². The summed E-state index contributed by atoms with van der Waals surface area (Å²) < 4.78 is 47.8. The SMILES string of the molecule is Cc1cc(Cn2c(=O)c3c(ncn3[C@@H](C)C(=O)NC3C=CNC(c4cnc(C(F)(F)F)c(C)c4)=N3)n(C)c2=O)no1. The van der Waals surface area contributed by atoms with Gasteiger partial charge >= 0.3 is 11.9 Å². The highest BCUT2D eigenvalue weighted by molar-refractivity contribution is 6.00. The second kappa shape index (κ2) is 10.2. The molecule has 1 aliphatic rings. The Morgan fingerprint density at radius 2 is 1.98 bits per heavy atom. The lowest BCUT2D eigenvalue weighted by molar-refractivity contribution is -0.141. The van der Waals surface area contributed by atoms with E-state index in [0.29, 0.717) is 17.0 Å². The third kappa shape index (κ3) is 5.15. The van der Waals surface area contributed by atoms with Crippen LogP contribution in [-0.2, 0) is 24.6 Å². The zero-order valence-corrected chi connectivity index (χ0v) is 22.2. The fourth-order valence-electron chi connectivity index (χ4n) is 4.45. The number of amides is 1. The molecule has 41 heavy (non-hydrogen) atoms. The van der Waals surface area contributed by atoms with Crippen molar-refractivity contribution >= 4 is 22.9 Å². The predicted octanol–water partition coefficient (Wildman–Crippen LogP) is 1.53. The standard InChI is InChI=1S/C25H24F3N9O4/c1-12-7-15(9-30-19(12)25(26,27)28)20-29-6-5-17(32-20)33-22(38)14(3)37-11-31-21-18(37)23(39)36(24(40)35(21)4)10-16-8-13(2)41-34-16/h5-9,11,14,17H,10H2,1-4H3,(H,29,32)(H,33,38)/t14-,17?/m0/s1. The number of halogens is 3. The van der Waals surface area contributed by atoms with E-state index in [4.69, 9.17) is 4.52 Å². The first kappa shape index (κ1) is 27.5. The molecule has 2 atom stereocenters. The van der Waals surface area contributed by atoms with E-state index in [9.17, 15) is 27.6 Å². The Bertz CT molecular complexity index is 1850. The number of amidine groups is 1. The maximum atomic E-state index is 13.4. The molecule has 214 valence electrons. The molecule has 4 aromatic rings. The number of aryl methyl sites for hydroxylation is 3. The highest BCUT2D eigenvalue weighted by Gasteiger charge is 2.34. The van der Waals surface area contributed by atoms with E-state index in [1.165, 1.54) is 41.7 Å². The molecule has 4 aromatic heterocycles. The molecule has 0 spiro atoms. The van der Waals surface area contributed by atoms with E-state index in [1.807, 2.05) is 0 Å². The van der Waals surface area contributed by atoms with Crippen LogP contribution in [0.4, 0.5) is 13.2 Å². The van der Waals surface area contributed by atoms with Crippen molar-refractivity contribution in [1.29, 1.82) is 0 Å². The smallest absolute Gasteiger partial charge is 0.361 e. The Kier molecular flexibility index (Phi) is 6.84. The van der Waals surface area contributed by atoms with Crippen molar-refractivity contribution in [2.75, 3.05) is 0 Å². The van der Waals surface area contributed by atoms with Gasteiger partial charge in [-0.3, -0.25) is 23.7 Å². The summed E-state index contributed by atoms with van der Waals surface area (Å²) in [6.45, 7) is 4.39. The first-order valence-corrected chi connectivity index (χ1v) is 12.3. The van der Waals surface area contributed by atoms with Gasteiger partial charge in [0.25, 0.3) is 5.56 Å². The van der Waals surface area contributed by atoms with Gasteiger partial charge in [-0.25, -0.2) is 14.8 Å². The number of aliphatic imine (C=N–C) groups is 1. The molecule has 1 unspecified atom stereocenters. The van der Waals surface area contributed by atoms with Crippen LogP contribution in [0.25, 0.3) is 11.2 Å². The number of rotatable bonds is 6. The molecule has 0 aromatic carbocycles. The number of carbonyl (C=O) groups excluding carboxylic acids is 1. The number of hydrogen-bond donors (Lipinski definition) is 2. The number of carbonyl (C=O) groups is 1. The van der Waals surface area contributed by atoms with Crippen LogP contribution < -0.4 is 21.9 Å². The quantitative estimate of drug-likeness (QED) is 0.353. The molecule has 0 saturated heterocycles. The van der Waals surface area contributed by atoms with Gasteiger partial charge in [0, 0.05) is 31.1 Å². The fourth-order valence-corrected chi connectivity index (χ4v) is 4.45. The lowest BCUT2D eigenvalue weighted by atomic mass is 10.1. The van der Waals surface area contributed by atoms with Gasteiger partial charge < -0.3 is 19.7 Å². The lowest BCUT2D eigenvalue weighted by Crippen LogP contribution is -2.42. The van der Waals surface area contributed by atoms with Crippen LogP contribution in [-0.4, -0.2) is 46.7 Å². The Hall–Kier alpha value is -5.02. The third-order valence-electron chi connectivity index (χ3n) is 6.53. The van der Waals surface area contributed by atoms with Crippen LogP contribution in [0.1, 0.15) is 41.2 Å². The minimum absolute atomic E-state index is 0.0336. The summed E-state index contributed by atoms with van der Waals surface area (Å²) in [4.78, 5) is 51.6. The van der Waals surface area contributed by atoms with E-state index in [1.54, 1.807) is 26.0 Å². The average molecular weight is 572 g/mol. The van der Waals surface area contributed by atoms with E-state index < -0.39 is 41.2 Å². The Morgan fingerprint density at radius 3 is 2.63 bits per heavy atom. The maximum Gasteiger partial charge on any atom is 0.433 e. The zero-order valence-electron chi connectivity index (χ0n) is 22.2. The number of pyridine rings is 1. The molecule has 0 bridgehead atoms. The summed E-state index contributed by atoms with van der Waals surface area (Å²) in [6, 6.07) is 1.95. The second-order valence-corrected chi connectivity index (χ2v) is 9.48. The Labute approximate surface area is 229 Å². The van der Waals surface area contributed by atoms with Crippen LogP contribution in [0, 0.1) is 13.8 Å². The van der Waals surface area contributed by atoms with Crippen molar-refractivity contribution < 1.29 is 22.5 Å².